The first kappa shape index (κ1) is 14.7. The summed E-state index contributed by atoms with van der Waals surface area (Å²) in [4.78, 5) is 0. The third kappa shape index (κ3) is 4.14. The minimum absolute atomic E-state index is 0.0775. The predicted octanol–water partition coefficient (Wildman–Crippen LogP) is 4.26. The fourth-order valence-corrected chi connectivity index (χ4v) is 2.13. The van der Waals surface area contributed by atoms with Crippen LogP contribution in [0.4, 0.5) is 8.78 Å². The molecule has 0 saturated heterocycles. The Labute approximate surface area is 118 Å². The third-order valence-corrected chi connectivity index (χ3v) is 3.39. The molecule has 0 spiro atoms. The Balaban J connectivity index is 1.77. The van der Waals surface area contributed by atoms with Crippen molar-refractivity contribution >= 4 is 0 Å². The molecule has 0 amide bonds. The molecule has 0 aliphatic carbocycles. The smallest absolute Gasteiger partial charge is 0.263 e. The van der Waals surface area contributed by atoms with Gasteiger partial charge in [-0.25, -0.2) is 8.78 Å². The fourth-order valence-electron chi connectivity index (χ4n) is 2.13. The van der Waals surface area contributed by atoms with Crippen LogP contribution in [0.1, 0.15) is 28.7 Å². The number of nitrogens with one attached hydrogen (secondary N) is 1. The quantitative estimate of drug-likeness (QED) is 0.776. The lowest BCUT2D eigenvalue weighted by atomic mass is 10.1. The van der Waals surface area contributed by atoms with Gasteiger partial charge in [-0.3, -0.25) is 0 Å². The summed E-state index contributed by atoms with van der Waals surface area (Å²) in [6, 6.07) is 14.8. The van der Waals surface area contributed by atoms with E-state index in [0.29, 0.717) is 6.54 Å². The van der Waals surface area contributed by atoms with Gasteiger partial charge < -0.3 is 5.32 Å². The molecule has 0 unspecified atom stereocenters. The average Bonchev–Trinajstić information content (AvgIpc) is 2.46. The van der Waals surface area contributed by atoms with Gasteiger partial charge in [0, 0.05) is 12.1 Å². The van der Waals surface area contributed by atoms with E-state index in [0.717, 1.165) is 18.5 Å². The number of alkyl halides is 2. The molecule has 0 radical (unpaired) electrons. The van der Waals surface area contributed by atoms with E-state index in [4.69, 9.17) is 0 Å². The first-order valence-corrected chi connectivity index (χ1v) is 6.79. The second-order valence-electron chi connectivity index (χ2n) is 4.90. The van der Waals surface area contributed by atoms with Crippen LogP contribution < -0.4 is 5.32 Å². The highest BCUT2D eigenvalue weighted by molar-refractivity contribution is 5.26. The largest absolute Gasteiger partial charge is 0.312 e. The van der Waals surface area contributed by atoms with E-state index in [1.54, 1.807) is 12.1 Å². The number of hydrogen-bond acceptors (Lipinski definition) is 1. The Morgan fingerprint density at radius 3 is 2.35 bits per heavy atom. The zero-order valence-electron chi connectivity index (χ0n) is 11.6. The lowest BCUT2D eigenvalue weighted by molar-refractivity contribution is 0.151. The van der Waals surface area contributed by atoms with Crippen molar-refractivity contribution < 1.29 is 8.78 Å². The molecule has 0 fully saturated rings. The maximum Gasteiger partial charge on any atom is 0.263 e. The Morgan fingerprint density at radius 2 is 1.70 bits per heavy atom. The molecule has 0 atom stereocenters. The molecule has 0 bridgehead atoms. The molecule has 0 heterocycles. The number of aryl methyl sites for hydroxylation is 1. The minimum Gasteiger partial charge on any atom is -0.312 e. The Kier molecular flexibility index (Phi) is 5.24. The van der Waals surface area contributed by atoms with Crippen LogP contribution in [0.3, 0.4) is 0 Å². The Morgan fingerprint density at radius 1 is 1.00 bits per heavy atom. The third-order valence-electron chi connectivity index (χ3n) is 3.39. The first-order chi connectivity index (χ1) is 9.66. The van der Waals surface area contributed by atoms with Crippen LogP contribution in [0.2, 0.25) is 0 Å². The number of benzene rings is 2. The van der Waals surface area contributed by atoms with Crippen LogP contribution in [-0.4, -0.2) is 6.54 Å². The summed E-state index contributed by atoms with van der Waals surface area (Å²) >= 11 is 0. The average molecular weight is 275 g/mol. The monoisotopic (exact) mass is 275 g/mol. The van der Waals surface area contributed by atoms with Crippen molar-refractivity contribution in [3.05, 3.63) is 70.8 Å². The minimum atomic E-state index is -2.39. The summed E-state index contributed by atoms with van der Waals surface area (Å²) in [5.74, 6) is 0. The lowest BCUT2D eigenvalue weighted by Crippen LogP contribution is -2.17. The highest BCUT2D eigenvalue weighted by Crippen LogP contribution is 2.18. The SMILES string of the molecule is Cc1ccccc1CCNCc1ccc(C(F)F)cc1. The highest BCUT2D eigenvalue weighted by atomic mass is 19.3. The van der Waals surface area contributed by atoms with Crippen LogP contribution >= 0.6 is 0 Å². The molecule has 2 aromatic carbocycles. The van der Waals surface area contributed by atoms with Gasteiger partial charge in [0.15, 0.2) is 0 Å². The molecule has 0 aliphatic rings. The van der Waals surface area contributed by atoms with E-state index >= 15 is 0 Å². The van der Waals surface area contributed by atoms with E-state index in [1.807, 2.05) is 12.1 Å². The molecule has 1 N–H and O–H groups in total. The van der Waals surface area contributed by atoms with Crippen molar-refractivity contribution in [2.24, 2.45) is 0 Å². The summed E-state index contributed by atoms with van der Waals surface area (Å²) in [6.07, 6.45) is -1.42. The van der Waals surface area contributed by atoms with Crippen LogP contribution in [0.25, 0.3) is 0 Å². The second-order valence-corrected chi connectivity index (χ2v) is 4.90. The van der Waals surface area contributed by atoms with Gasteiger partial charge in [-0.15, -0.1) is 0 Å². The van der Waals surface area contributed by atoms with E-state index in [2.05, 4.69) is 24.4 Å². The van der Waals surface area contributed by atoms with E-state index < -0.39 is 6.43 Å². The van der Waals surface area contributed by atoms with Crippen molar-refractivity contribution in [2.75, 3.05) is 6.54 Å². The number of hydrogen-bond donors (Lipinski definition) is 1. The Hall–Kier alpha value is -1.74. The summed E-state index contributed by atoms with van der Waals surface area (Å²) < 4.78 is 24.8. The standard InChI is InChI=1S/C17H19F2N/c1-13-4-2-3-5-15(13)10-11-20-12-14-6-8-16(9-7-14)17(18)19/h2-9,17,20H,10-12H2,1H3. The lowest BCUT2D eigenvalue weighted by Gasteiger charge is -2.08. The van der Waals surface area contributed by atoms with Gasteiger partial charge >= 0.3 is 0 Å². The molecule has 20 heavy (non-hydrogen) atoms. The molecule has 2 rings (SSSR count). The van der Waals surface area contributed by atoms with Gasteiger partial charge in [-0.05, 0) is 36.6 Å². The highest BCUT2D eigenvalue weighted by Gasteiger charge is 2.05. The molecule has 0 aliphatic heterocycles. The summed E-state index contributed by atoms with van der Waals surface area (Å²) in [5.41, 5.74) is 3.75. The van der Waals surface area contributed by atoms with Crippen LogP contribution in [-0.2, 0) is 13.0 Å². The van der Waals surface area contributed by atoms with Gasteiger partial charge in [0.2, 0.25) is 0 Å². The zero-order valence-corrected chi connectivity index (χ0v) is 11.6. The van der Waals surface area contributed by atoms with Crippen LogP contribution in [0.5, 0.6) is 0 Å². The van der Waals surface area contributed by atoms with Gasteiger partial charge in [0.1, 0.15) is 0 Å². The molecule has 0 aromatic heterocycles. The number of halogens is 2. The molecule has 3 heteroatoms. The van der Waals surface area contributed by atoms with Crippen molar-refractivity contribution in [1.29, 1.82) is 0 Å². The summed E-state index contributed by atoms with van der Waals surface area (Å²) in [6.45, 7) is 3.69. The molecular weight excluding hydrogens is 256 g/mol. The molecule has 106 valence electrons. The van der Waals surface area contributed by atoms with E-state index in [9.17, 15) is 8.78 Å². The van der Waals surface area contributed by atoms with Crippen LogP contribution in [0, 0.1) is 6.92 Å². The maximum atomic E-state index is 12.4. The molecular formula is C17H19F2N. The van der Waals surface area contributed by atoms with Crippen LogP contribution in [0.15, 0.2) is 48.5 Å². The molecule has 1 nitrogen and oxygen atoms in total. The van der Waals surface area contributed by atoms with Crippen molar-refractivity contribution in [1.82, 2.24) is 5.32 Å². The first-order valence-electron chi connectivity index (χ1n) is 6.79. The topological polar surface area (TPSA) is 12.0 Å². The summed E-state index contributed by atoms with van der Waals surface area (Å²) in [5, 5.41) is 3.34. The molecule has 2 aromatic rings. The maximum absolute atomic E-state index is 12.4. The van der Waals surface area contributed by atoms with E-state index in [-0.39, 0.29) is 5.56 Å². The fraction of sp³-hybridized carbons (Fsp3) is 0.294. The normalized spacial score (nSPS) is 11.0. The van der Waals surface area contributed by atoms with E-state index in [1.165, 1.54) is 23.3 Å². The van der Waals surface area contributed by atoms with Gasteiger partial charge in [-0.2, -0.15) is 0 Å². The van der Waals surface area contributed by atoms with Crippen molar-refractivity contribution in [3.8, 4) is 0 Å². The zero-order chi connectivity index (χ0) is 14.4. The Bertz CT molecular complexity index is 535. The van der Waals surface area contributed by atoms with Crippen molar-refractivity contribution in [3.63, 3.8) is 0 Å². The van der Waals surface area contributed by atoms with Gasteiger partial charge in [-0.1, -0.05) is 48.5 Å². The summed E-state index contributed by atoms with van der Waals surface area (Å²) in [7, 11) is 0. The predicted molar refractivity (Wildman–Crippen MR) is 78.0 cm³/mol. The molecule has 0 saturated carbocycles. The van der Waals surface area contributed by atoms with Crippen molar-refractivity contribution in [2.45, 2.75) is 26.3 Å². The second kappa shape index (κ2) is 7.15. The van der Waals surface area contributed by atoms with Gasteiger partial charge in [0.25, 0.3) is 6.43 Å². The van der Waals surface area contributed by atoms with Gasteiger partial charge in [0.05, 0.1) is 0 Å². The number of rotatable bonds is 6.